The SMILES string of the molecule is COc1cc(CNC(=O)NCc2ccccc2)cc(OC)c1. The van der Waals surface area contributed by atoms with E-state index in [1.165, 1.54) is 0 Å². The second-order valence-corrected chi connectivity index (χ2v) is 4.74. The third-order valence-electron chi connectivity index (χ3n) is 3.16. The minimum absolute atomic E-state index is 0.217. The summed E-state index contributed by atoms with van der Waals surface area (Å²) in [6.07, 6.45) is 0. The molecule has 2 rings (SSSR count). The maximum absolute atomic E-state index is 11.8. The van der Waals surface area contributed by atoms with E-state index in [1.807, 2.05) is 42.5 Å². The van der Waals surface area contributed by atoms with Gasteiger partial charge >= 0.3 is 6.03 Å². The summed E-state index contributed by atoms with van der Waals surface area (Å²) < 4.78 is 10.4. The number of ether oxygens (including phenoxy) is 2. The van der Waals surface area contributed by atoms with Crippen LogP contribution in [-0.4, -0.2) is 20.3 Å². The molecule has 0 aliphatic heterocycles. The molecule has 0 fully saturated rings. The zero-order chi connectivity index (χ0) is 15.8. The lowest BCUT2D eigenvalue weighted by Crippen LogP contribution is -2.34. The molecule has 0 aliphatic carbocycles. The number of methoxy groups -OCH3 is 2. The van der Waals surface area contributed by atoms with Crippen molar-refractivity contribution in [2.75, 3.05) is 14.2 Å². The summed E-state index contributed by atoms with van der Waals surface area (Å²) >= 11 is 0. The van der Waals surface area contributed by atoms with Crippen molar-refractivity contribution in [2.24, 2.45) is 0 Å². The molecule has 0 saturated heterocycles. The Morgan fingerprint density at radius 2 is 1.41 bits per heavy atom. The van der Waals surface area contributed by atoms with Crippen LogP contribution in [0.5, 0.6) is 11.5 Å². The highest BCUT2D eigenvalue weighted by molar-refractivity contribution is 5.73. The largest absolute Gasteiger partial charge is 0.497 e. The Labute approximate surface area is 130 Å². The molecule has 2 N–H and O–H groups in total. The molecule has 0 aliphatic rings. The molecule has 0 bridgehead atoms. The summed E-state index contributed by atoms with van der Waals surface area (Å²) in [7, 11) is 3.19. The van der Waals surface area contributed by atoms with Crippen molar-refractivity contribution in [3.8, 4) is 11.5 Å². The van der Waals surface area contributed by atoms with Crippen LogP contribution in [0, 0.1) is 0 Å². The van der Waals surface area contributed by atoms with Crippen molar-refractivity contribution in [3.63, 3.8) is 0 Å². The number of urea groups is 1. The van der Waals surface area contributed by atoms with Gasteiger partial charge in [0.25, 0.3) is 0 Å². The van der Waals surface area contributed by atoms with Crippen molar-refractivity contribution in [2.45, 2.75) is 13.1 Å². The van der Waals surface area contributed by atoms with Crippen LogP contribution in [0.15, 0.2) is 48.5 Å². The Kier molecular flexibility index (Phi) is 5.65. The van der Waals surface area contributed by atoms with E-state index in [0.717, 1.165) is 11.1 Å². The van der Waals surface area contributed by atoms with Gasteiger partial charge in [0.1, 0.15) is 11.5 Å². The Hall–Kier alpha value is -2.69. The van der Waals surface area contributed by atoms with Crippen LogP contribution >= 0.6 is 0 Å². The standard InChI is InChI=1S/C17H20N2O3/c1-21-15-8-14(9-16(10-15)22-2)12-19-17(20)18-11-13-6-4-3-5-7-13/h3-10H,11-12H2,1-2H3,(H2,18,19,20). The number of carbonyl (C=O) groups is 1. The topological polar surface area (TPSA) is 59.6 Å². The fourth-order valence-corrected chi connectivity index (χ4v) is 1.99. The summed E-state index contributed by atoms with van der Waals surface area (Å²) in [6.45, 7) is 0.891. The van der Waals surface area contributed by atoms with Crippen LogP contribution < -0.4 is 20.1 Å². The first-order valence-electron chi connectivity index (χ1n) is 6.99. The first kappa shape index (κ1) is 15.7. The smallest absolute Gasteiger partial charge is 0.315 e. The Balaban J connectivity index is 1.85. The second kappa shape index (κ2) is 7.93. The molecule has 2 amide bonds. The van der Waals surface area contributed by atoms with E-state index in [1.54, 1.807) is 20.3 Å². The molecule has 0 heterocycles. The summed E-state index contributed by atoms with van der Waals surface area (Å²) in [6, 6.07) is 15.1. The second-order valence-electron chi connectivity index (χ2n) is 4.74. The molecule has 5 heteroatoms. The van der Waals surface area contributed by atoms with Gasteiger partial charge in [0.2, 0.25) is 0 Å². The predicted octanol–water partition coefficient (Wildman–Crippen LogP) is 2.70. The minimum Gasteiger partial charge on any atom is -0.497 e. The molecule has 0 unspecified atom stereocenters. The Morgan fingerprint density at radius 3 is 1.95 bits per heavy atom. The van der Waals surface area contributed by atoms with Crippen LogP contribution in [0.25, 0.3) is 0 Å². The third kappa shape index (κ3) is 4.70. The zero-order valence-corrected chi connectivity index (χ0v) is 12.8. The average Bonchev–Trinajstić information content (AvgIpc) is 2.58. The van der Waals surface area contributed by atoms with E-state index in [0.29, 0.717) is 24.6 Å². The molecule has 2 aromatic rings. The highest BCUT2D eigenvalue weighted by Crippen LogP contribution is 2.22. The van der Waals surface area contributed by atoms with Crippen LogP contribution in [0.4, 0.5) is 4.79 Å². The van der Waals surface area contributed by atoms with Gasteiger partial charge in [-0.3, -0.25) is 0 Å². The first-order valence-corrected chi connectivity index (χ1v) is 6.99. The van der Waals surface area contributed by atoms with E-state index < -0.39 is 0 Å². The highest BCUT2D eigenvalue weighted by atomic mass is 16.5. The summed E-state index contributed by atoms with van der Waals surface area (Å²) in [4.78, 5) is 11.8. The molecular formula is C17H20N2O3. The number of hydrogen-bond donors (Lipinski definition) is 2. The van der Waals surface area contributed by atoms with Crippen LogP contribution in [0.1, 0.15) is 11.1 Å². The van der Waals surface area contributed by atoms with Gasteiger partial charge in [0.15, 0.2) is 0 Å². The van der Waals surface area contributed by atoms with Crippen molar-refractivity contribution in [1.82, 2.24) is 10.6 Å². The van der Waals surface area contributed by atoms with Gasteiger partial charge in [-0.2, -0.15) is 0 Å². The van der Waals surface area contributed by atoms with Crippen LogP contribution in [-0.2, 0) is 13.1 Å². The number of hydrogen-bond acceptors (Lipinski definition) is 3. The average molecular weight is 300 g/mol. The number of carbonyl (C=O) groups excluding carboxylic acids is 1. The molecular weight excluding hydrogens is 280 g/mol. The predicted molar refractivity (Wildman–Crippen MR) is 85.1 cm³/mol. The number of nitrogens with one attached hydrogen (secondary N) is 2. The number of amides is 2. The molecule has 5 nitrogen and oxygen atoms in total. The van der Waals surface area contributed by atoms with Crippen molar-refractivity contribution >= 4 is 6.03 Å². The quantitative estimate of drug-likeness (QED) is 0.862. The van der Waals surface area contributed by atoms with Gasteiger partial charge in [0.05, 0.1) is 14.2 Å². The van der Waals surface area contributed by atoms with E-state index in [2.05, 4.69) is 10.6 Å². The summed E-state index contributed by atoms with van der Waals surface area (Å²) in [5, 5.41) is 5.62. The molecule has 0 radical (unpaired) electrons. The lowest BCUT2D eigenvalue weighted by Gasteiger charge is -2.10. The molecule has 116 valence electrons. The number of rotatable bonds is 6. The Morgan fingerprint density at radius 1 is 0.864 bits per heavy atom. The van der Waals surface area contributed by atoms with Gasteiger partial charge in [-0.1, -0.05) is 30.3 Å². The van der Waals surface area contributed by atoms with Gasteiger partial charge in [-0.15, -0.1) is 0 Å². The Bertz CT molecular complexity index is 592. The van der Waals surface area contributed by atoms with E-state index in [9.17, 15) is 4.79 Å². The van der Waals surface area contributed by atoms with Crippen LogP contribution in [0.3, 0.4) is 0 Å². The van der Waals surface area contributed by atoms with E-state index in [4.69, 9.17) is 9.47 Å². The monoisotopic (exact) mass is 300 g/mol. The van der Waals surface area contributed by atoms with E-state index >= 15 is 0 Å². The van der Waals surface area contributed by atoms with Crippen molar-refractivity contribution in [1.29, 1.82) is 0 Å². The lowest BCUT2D eigenvalue weighted by atomic mass is 10.2. The number of benzene rings is 2. The molecule has 22 heavy (non-hydrogen) atoms. The fourth-order valence-electron chi connectivity index (χ4n) is 1.99. The zero-order valence-electron chi connectivity index (χ0n) is 12.8. The van der Waals surface area contributed by atoms with E-state index in [-0.39, 0.29) is 6.03 Å². The highest BCUT2D eigenvalue weighted by Gasteiger charge is 2.04. The fraction of sp³-hybridized carbons (Fsp3) is 0.235. The maximum atomic E-state index is 11.8. The van der Waals surface area contributed by atoms with Gasteiger partial charge < -0.3 is 20.1 Å². The first-order chi connectivity index (χ1) is 10.7. The van der Waals surface area contributed by atoms with Crippen molar-refractivity contribution in [3.05, 3.63) is 59.7 Å². The molecule has 0 atom stereocenters. The minimum atomic E-state index is -0.217. The normalized spacial score (nSPS) is 9.91. The van der Waals surface area contributed by atoms with Crippen molar-refractivity contribution < 1.29 is 14.3 Å². The lowest BCUT2D eigenvalue weighted by molar-refractivity contribution is 0.240. The summed E-state index contributed by atoms with van der Waals surface area (Å²) in [5.41, 5.74) is 1.96. The molecule has 0 aromatic heterocycles. The van der Waals surface area contributed by atoms with Gasteiger partial charge in [0, 0.05) is 19.2 Å². The van der Waals surface area contributed by atoms with Gasteiger partial charge in [-0.05, 0) is 23.3 Å². The van der Waals surface area contributed by atoms with Gasteiger partial charge in [-0.25, -0.2) is 4.79 Å². The molecule has 2 aromatic carbocycles. The summed E-state index contributed by atoms with van der Waals surface area (Å²) in [5.74, 6) is 1.39. The molecule has 0 spiro atoms. The maximum Gasteiger partial charge on any atom is 0.315 e. The molecule has 0 saturated carbocycles. The third-order valence-corrected chi connectivity index (χ3v) is 3.16. The van der Waals surface area contributed by atoms with Crippen LogP contribution in [0.2, 0.25) is 0 Å².